The fourth-order valence-corrected chi connectivity index (χ4v) is 3.99. The molecular formula is C15H23ClN2O2S. The Morgan fingerprint density at radius 1 is 1.33 bits per heavy atom. The van der Waals surface area contributed by atoms with E-state index in [-0.39, 0.29) is 10.3 Å². The molecule has 0 amide bonds. The van der Waals surface area contributed by atoms with Crippen LogP contribution in [-0.4, -0.2) is 22.0 Å². The fraction of sp³-hybridized carbons (Fsp3) is 0.600. The van der Waals surface area contributed by atoms with Crippen molar-refractivity contribution >= 4 is 21.6 Å². The maximum atomic E-state index is 12.4. The predicted molar refractivity (Wildman–Crippen MR) is 86.0 cm³/mol. The maximum Gasteiger partial charge on any atom is 0.240 e. The van der Waals surface area contributed by atoms with E-state index in [4.69, 9.17) is 11.6 Å². The van der Waals surface area contributed by atoms with Crippen molar-refractivity contribution < 1.29 is 8.42 Å². The smallest absolute Gasteiger partial charge is 0.240 e. The van der Waals surface area contributed by atoms with Gasteiger partial charge in [0.05, 0.1) is 4.90 Å². The van der Waals surface area contributed by atoms with Crippen LogP contribution in [0.25, 0.3) is 0 Å². The van der Waals surface area contributed by atoms with Gasteiger partial charge >= 0.3 is 0 Å². The van der Waals surface area contributed by atoms with Crippen molar-refractivity contribution in [3.8, 4) is 0 Å². The lowest BCUT2D eigenvalue weighted by atomic mass is 10.0. The minimum Gasteiger partial charge on any atom is -0.316 e. The Labute approximate surface area is 132 Å². The van der Waals surface area contributed by atoms with Crippen molar-refractivity contribution in [1.82, 2.24) is 10.0 Å². The van der Waals surface area contributed by atoms with Gasteiger partial charge in [-0.25, -0.2) is 13.1 Å². The van der Waals surface area contributed by atoms with Gasteiger partial charge in [0, 0.05) is 18.1 Å². The van der Waals surface area contributed by atoms with Crippen LogP contribution in [0.4, 0.5) is 0 Å². The summed E-state index contributed by atoms with van der Waals surface area (Å²) >= 11 is 6.07. The van der Waals surface area contributed by atoms with Gasteiger partial charge in [-0.3, -0.25) is 0 Å². The standard InChI is InChI=1S/C15H23ClN2O2S/c1-3-6-15(7-8-15)11-18-21(19,20)13-4-5-14(16)12(9-13)10-17-2/h4-5,9,17-18H,3,6-8,10-11H2,1-2H3. The van der Waals surface area contributed by atoms with Crippen LogP contribution >= 0.6 is 11.6 Å². The lowest BCUT2D eigenvalue weighted by Gasteiger charge is -2.15. The Hall–Kier alpha value is -0.620. The summed E-state index contributed by atoms with van der Waals surface area (Å²) in [4.78, 5) is 0.282. The molecule has 0 aromatic heterocycles. The quantitative estimate of drug-likeness (QED) is 0.770. The highest BCUT2D eigenvalue weighted by atomic mass is 35.5. The van der Waals surface area contributed by atoms with Gasteiger partial charge in [0.2, 0.25) is 10.0 Å². The summed E-state index contributed by atoms with van der Waals surface area (Å²) < 4.78 is 27.6. The molecular weight excluding hydrogens is 308 g/mol. The van der Waals surface area contributed by atoms with Crippen molar-refractivity contribution in [2.45, 2.75) is 44.0 Å². The van der Waals surface area contributed by atoms with Crippen molar-refractivity contribution in [2.75, 3.05) is 13.6 Å². The van der Waals surface area contributed by atoms with Gasteiger partial charge in [0.25, 0.3) is 0 Å². The molecule has 21 heavy (non-hydrogen) atoms. The Bertz CT molecular complexity index is 598. The molecule has 0 heterocycles. The number of benzene rings is 1. The van der Waals surface area contributed by atoms with Gasteiger partial charge in [0.15, 0.2) is 0 Å². The highest BCUT2D eigenvalue weighted by molar-refractivity contribution is 7.89. The van der Waals surface area contributed by atoms with E-state index in [9.17, 15) is 8.42 Å². The van der Waals surface area contributed by atoms with E-state index in [1.807, 2.05) is 0 Å². The zero-order valence-corrected chi connectivity index (χ0v) is 14.1. The molecule has 0 saturated heterocycles. The second-order valence-electron chi connectivity index (χ2n) is 5.86. The topological polar surface area (TPSA) is 58.2 Å². The van der Waals surface area contributed by atoms with Crippen LogP contribution in [0, 0.1) is 5.41 Å². The molecule has 0 radical (unpaired) electrons. The second-order valence-corrected chi connectivity index (χ2v) is 8.03. The van der Waals surface area contributed by atoms with Gasteiger partial charge in [-0.15, -0.1) is 0 Å². The van der Waals surface area contributed by atoms with Crippen LogP contribution in [0.2, 0.25) is 5.02 Å². The molecule has 1 aromatic rings. The van der Waals surface area contributed by atoms with Gasteiger partial charge < -0.3 is 5.32 Å². The van der Waals surface area contributed by atoms with E-state index in [2.05, 4.69) is 17.0 Å². The molecule has 1 aromatic carbocycles. The molecule has 6 heteroatoms. The molecule has 1 saturated carbocycles. The molecule has 0 bridgehead atoms. The van der Waals surface area contributed by atoms with Crippen molar-refractivity contribution in [3.63, 3.8) is 0 Å². The Morgan fingerprint density at radius 2 is 2.05 bits per heavy atom. The first-order valence-corrected chi connectivity index (χ1v) is 9.21. The normalized spacial score (nSPS) is 16.9. The molecule has 2 N–H and O–H groups in total. The summed E-state index contributed by atoms with van der Waals surface area (Å²) in [5.74, 6) is 0. The highest BCUT2D eigenvalue weighted by Gasteiger charge is 2.42. The van der Waals surface area contributed by atoms with Crippen molar-refractivity contribution in [2.24, 2.45) is 5.41 Å². The minimum absolute atomic E-state index is 0.196. The lowest BCUT2D eigenvalue weighted by Crippen LogP contribution is -2.30. The summed E-state index contributed by atoms with van der Waals surface area (Å²) in [6, 6.07) is 4.84. The third-order valence-corrected chi connectivity index (χ3v) is 5.84. The largest absolute Gasteiger partial charge is 0.316 e. The van der Waals surface area contributed by atoms with Crippen LogP contribution < -0.4 is 10.0 Å². The Kier molecular flexibility index (Phi) is 5.30. The van der Waals surface area contributed by atoms with Crippen molar-refractivity contribution in [3.05, 3.63) is 28.8 Å². The fourth-order valence-electron chi connectivity index (χ4n) is 2.60. The van der Waals surface area contributed by atoms with Gasteiger partial charge in [0.1, 0.15) is 0 Å². The van der Waals surface area contributed by atoms with E-state index in [0.717, 1.165) is 31.2 Å². The van der Waals surface area contributed by atoms with Gasteiger partial charge in [-0.2, -0.15) is 0 Å². The van der Waals surface area contributed by atoms with E-state index in [0.29, 0.717) is 18.1 Å². The SMILES string of the molecule is CCCC1(CNS(=O)(=O)c2ccc(Cl)c(CNC)c2)CC1. The molecule has 1 fully saturated rings. The monoisotopic (exact) mass is 330 g/mol. The third kappa shape index (κ3) is 4.19. The van der Waals surface area contributed by atoms with Crippen LogP contribution in [0.1, 0.15) is 38.2 Å². The Morgan fingerprint density at radius 3 is 2.62 bits per heavy atom. The number of halogens is 1. The zero-order chi connectivity index (χ0) is 15.5. The lowest BCUT2D eigenvalue weighted by molar-refractivity contribution is 0.449. The van der Waals surface area contributed by atoms with E-state index in [1.54, 1.807) is 25.2 Å². The third-order valence-electron chi connectivity index (χ3n) is 4.07. The molecule has 118 valence electrons. The van der Waals surface area contributed by atoms with E-state index < -0.39 is 10.0 Å². The molecule has 0 atom stereocenters. The first kappa shape index (κ1) is 16.7. The zero-order valence-electron chi connectivity index (χ0n) is 12.6. The molecule has 0 unspecified atom stereocenters. The number of nitrogens with one attached hydrogen (secondary N) is 2. The average Bonchev–Trinajstić information content (AvgIpc) is 3.20. The molecule has 0 aliphatic heterocycles. The summed E-state index contributed by atoms with van der Waals surface area (Å²) in [6.45, 7) is 3.22. The maximum absolute atomic E-state index is 12.4. The molecule has 1 aliphatic rings. The average molecular weight is 331 g/mol. The van der Waals surface area contributed by atoms with Gasteiger partial charge in [-0.05, 0) is 55.5 Å². The van der Waals surface area contributed by atoms with Crippen LogP contribution in [0.3, 0.4) is 0 Å². The second kappa shape index (κ2) is 6.65. The number of sulfonamides is 1. The number of rotatable bonds is 8. The van der Waals surface area contributed by atoms with E-state index in [1.165, 1.54) is 0 Å². The van der Waals surface area contributed by atoms with E-state index >= 15 is 0 Å². The number of hydrogen-bond donors (Lipinski definition) is 2. The van der Waals surface area contributed by atoms with Crippen LogP contribution in [-0.2, 0) is 16.6 Å². The highest BCUT2D eigenvalue weighted by Crippen LogP contribution is 2.49. The Balaban J connectivity index is 2.10. The predicted octanol–water partition coefficient (Wildman–Crippen LogP) is 2.92. The summed E-state index contributed by atoms with van der Waals surface area (Å²) in [7, 11) is -1.66. The summed E-state index contributed by atoms with van der Waals surface area (Å²) in [5, 5.41) is 3.56. The van der Waals surface area contributed by atoms with Crippen molar-refractivity contribution in [1.29, 1.82) is 0 Å². The summed E-state index contributed by atoms with van der Waals surface area (Å²) in [5.41, 5.74) is 0.985. The summed E-state index contributed by atoms with van der Waals surface area (Å²) in [6.07, 6.45) is 4.42. The number of hydrogen-bond acceptors (Lipinski definition) is 3. The molecule has 4 nitrogen and oxygen atoms in total. The van der Waals surface area contributed by atoms with Gasteiger partial charge in [-0.1, -0.05) is 24.9 Å². The minimum atomic E-state index is -3.47. The van der Waals surface area contributed by atoms with Crippen LogP contribution in [0.15, 0.2) is 23.1 Å². The van der Waals surface area contributed by atoms with Crippen LogP contribution in [0.5, 0.6) is 0 Å². The first-order valence-electron chi connectivity index (χ1n) is 7.35. The molecule has 2 rings (SSSR count). The molecule has 0 spiro atoms. The first-order chi connectivity index (χ1) is 9.92. The molecule has 1 aliphatic carbocycles.